The molecule has 2 heterocycles. The summed E-state index contributed by atoms with van der Waals surface area (Å²) in [4.78, 5) is 7.92. The summed E-state index contributed by atoms with van der Waals surface area (Å²) < 4.78 is 1.14. The van der Waals surface area contributed by atoms with Crippen molar-refractivity contribution in [2.24, 2.45) is 10.7 Å². The van der Waals surface area contributed by atoms with Gasteiger partial charge in [0.15, 0.2) is 5.96 Å². The molecule has 1 aliphatic rings. The van der Waals surface area contributed by atoms with E-state index in [4.69, 9.17) is 5.73 Å². The fraction of sp³-hybridized carbons (Fsp3) is 0.267. The largest absolute Gasteiger partial charge is 0.370 e. The van der Waals surface area contributed by atoms with E-state index in [1.807, 2.05) is 0 Å². The van der Waals surface area contributed by atoms with Crippen LogP contribution < -0.4 is 5.73 Å². The molecule has 2 N–H and O–H groups in total. The Labute approximate surface area is 131 Å². The number of benzene rings is 1. The third-order valence-electron chi connectivity index (χ3n) is 3.57. The molecule has 0 saturated carbocycles. The van der Waals surface area contributed by atoms with Crippen LogP contribution in [0.2, 0.25) is 0 Å². The minimum atomic E-state index is 0.240. The SMILES string of the molecule is Cc1cc(C2CN=C(N)N2Cc2cccs2)ccc1Br. The van der Waals surface area contributed by atoms with Crippen molar-refractivity contribution >= 4 is 33.2 Å². The maximum Gasteiger partial charge on any atom is 0.192 e. The summed E-state index contributed by atoms with van der Waals surface area (Å²) in [6.45, 7) is 3.67. The van der Waals surface area contributed by atoms with Crippen LogP contribution in [0.3, 0.4) is 0 Å². The maximum atomic E-state index is 6.06. The highest BCUT2D eigenvalue weighted by Crippen LogP contribution is 2.30. The van der Waals surface area contributed by atoms with Crippen molar-refractivity contribution in [3.05, 3.63) is 56.2 Å². The quantitative estimate of drug-likeness (QED) is 0.917. The lowest BCUT2D eigenvalue weighted by Gasteiger charge is -2.26. The van der Waals surface area contributed by atoms with Gasteiger partial charge in [0.2, 0.25) is 0 Å². The lowest BCUT2D eigenvalue weighted by Crippen LogP contribution is -2.35. The Hall–Kier alpha value is -1.33. The molecular formula is C15H16BrN3S. The molecule has 1 atom stereocenters. The molecule has 0 fully saturated rings. The van der Waals surface area contributed by atoms with Crippen molar-refractivity contribution in [2.75, 3.05) is 6.54 Å². The number of halogens is 1. The van der Waals surface area contributed by atoms with E-state index in [1.165, 1.54) is 16.0 Å². The zero-order valence-corrected chi connectivity index (χ0v) is 13.6. The number of rotatable bonds is 3. The van der Waals surface area contributed by atoms with Gasteiger partial charge in [0.25, 0.3) is 0 Å². The Morgan fingerprint density at radius 1 is 1.45 bits per heavy atom. The first-order valence-corrected chi connectivity index (χ1v) is 8.17. The van der Waals surface area contributed by atoms with E-state index in [-0.39, 0.29) is 6.04 Å². The normalized spacial score (nSPS) is 18.4. The average Bonchev–Trinajstić information content (AvgIpc) is 3.05. The molecule has 0 radical (unpaired) electrons. The van der Waals surface area contributed by atoms with E-state index in [9.17, 15) is 0 Å². The van der Waals surface area contributed by atoms with E-state index in [2.05, 4.69) is 68.5 Å². The van der Waals surface area contributed by atoms with Crippen LogP contribution in [0.25, 0.3) is 0 Å². The van der Waals surface area contributed by atoms with Crippen molar-refractivity contribution in [1.29, 1.82) is 0 Å². The van der Waals surface area contributed by atoms with Crippen LogP contribution in [0.15, 0.2) is 45.2 Å². The van der Waals surface area contributed by atoms with E-state index >= 15 is 0 Å². The van der Waals surface area contributed by atoms with Gasteiger partial charge >= 0.3 is 0 Å². The third-order valence-corrected chi connectivity index (χ3v) is 5.32. The first-order valence-electron chi connectivity index (χ1n) is 6.50. The van der Waals surface area contributed by atoms with Gasteiger partial charge in [-0.2, -0.15) is 0 Å². The first kappa shape index (κ1) is 13.6. The van der Waals surface area contributed by atoms with Crippen LogP contribution in [0.4, 0.5) is 0 Å². The number of aliphatic imine (C=N–C) groups is 1. The summed E-state index contributed by atoms with van der Waals surface area (Å²) >= 11 is 5.30. The number of hydrogen-bond donors (Lipinski definition) is 1. The van der Waals surface area contributed by atoms with E-state index < -0.39 is 0 Å². The van der Waals surface area contributed by atoms with Crippen molar-refractivity contribution in [3.8, 4) is 0 Å². The van der Waals surface area contributed by atoms with E-state index in [0.29, 0.717) is 5.96 Å². The van der Waals surface area contributed by atoms with E-state index in [0.717, 1.165) is 17.6 Å². The third kappa shape index (κ3) is 2.60. The lowest BCUT2D eigenvalue weighted by atomic mass is 10.0. The number of hydrogen-bond acceptors (Lipinski definition) is 4. The second kappa shape index (κ2) is 5.58. The monoisotopic (exact) mass is 349 g/mol. The highest BCUT2D eigenvalue weighted by atomic mass is 79.9. The number of aryl methyl sites for hydroxylation is 1. The fourth-order valence-electron chi connectivity index (χ4n) is 2.45. The molecule has 0 saturated heterocycles. The van der Waals surface area contributed by atoms with Gasteiger partial charge in [0, 0.05) is 9.35 Å². The summed E-state index contributed by atoms with van der Waals surface area (Å²) in [5.74, 6) is 0.643. The summed E-state index contributed by atoms with van der Waals surface area (Å²) in [7, 11) is 0. The van der Waals surface area contributed by atoms with Gasteiger partial charge in [0.05, 0.1) is 19.1 Å². The molecule has 1 unspecified atom stereocenters. The smallest absolute Gasteiger partial charge is 0.192 e. The zero-order chi connectivity index (χ0) is 14.1. The minimum absolute atomic E-state index is 0.240. The standard InChI is InChI=1S/C15H16BrN3S/c1-10-7-11(4-5-13(10)16)14-8-18-15(17)19(14)9-12-3-2-6-20-12/h2-7,14H,8-9H2,1H3,(H2,17,18). The number of nitrogens with zero attached hydrogens (tertiary/aromatic N) is 2. The highest BCUT2D eigenvalue weighted by Gasteiger charge is 2.27. The fourth-order valence-corrected chi connectivity index (χ4v) is 3.40. The van der Waals surface area contributed by atoms with Crippen LogP contribution in [0.5, 0.6) is 0 Å². The van der Waals surface area contributed by atoms with Crippen LogP contribution >= 0.6 is 27.3 Å². The minimum Gasteiger partial charge on any atom is -0.370 e. The van der Waals surface area contributed by atoms with E-state index in [1.54, 1.807) is 11.3 Å². The predicted octanol–water partition coefficient (Wildman–Crippen LogP) is 3.69. The van der Waals surface area contributed by atoms with Crippen LogP contribution in [0, 0.1) is 6.92 Å². The summed E-state index contributed by atoms with van der Waals surface area (Å²) in [6, 6.07) is 10.9. The Bertz CT molecular complexity index is 637. The molecule has 5 heteroatoms. The van der Waals surface area contributed by atoms with Crippen LogP contribution in [-0.4, -0.2) is 17.4 Å². The highest BCUT2D eigenvalue weighted by molar-refractivity contribution is 9.10. The van der Waals surface area contributed by atoms with Crippen LogP contribution in [0.1, 0.15) is 22.0 Å². The molecule has 3 rings (SSSR count). The molecule has 0 spiro atoms. The van der Waals surface area contributed by atoms with Crippen molar-refractivity contribution < 1.29 is 0 Å². The topological polar surface area (TPSA) is 41.6 Å². The average molecular weight is 350 g/mol. The molecule has 0 amide bonds. The van der Waals surface area contributed by atoms with Gasteiger partial charge in [-0.05, 0) is 35.6 Å². The van der Waals surface area contributed by atoms with Gasteiger partial charge in [-0.15, -0.1) is 11.3 Å². The molecule has 0 aliphatic carbocycles. The van der Waals surface area contributed by atoms with Gasteiger partial charge < -0.3 is 10.6 Å². The molecule has 1 aromatic carbocycles. The van der Waals surface area contributed by atoms with Gasteiger partial charge in [-0.1, -0.05) is 34.1 Å². The van der Waals surface area contributed by atoms with Gasteiger partial charge in [0.1, 0.15) is 0 Å². The molecule has 20 heavy (non-hydrogen) atoms. The van der Waals surface area contributed by atoms with Crippen LogP contribution in [-0.2, 0) is 6.54 Å². The molecule has 1 aromatic heterocycles. The maximum absolute atomic E-state index is 6.06. The Kier molecular flexibility index (Phi) is 3.81. The second-order valence-electron chi connectivity index (χ2n) is 4.93. The van der Waals surface area contributed by atoms with Crippen molar-refractivity contribution in [3.63, 3.8) is 0 Å². The van der Waals surface area contributed by atoms with Crippen molar-refractivity contribution in [1.82, 2.24) is 4.90 Å². The Morgan fingerprint density at radius 2 is 2.30 bits per heavy atom. The molecule has 3 nitrogen and oxygen atoms in total. The molecule has 104 valence electrons. The molecule has 2 aromatic rings. The van der Waals surface area contributed by atoms with Gasteiger partial charge in [-0.25, -0.2) is 0 Å². The summed E-state index contributed by atoms with van der Waals surface area (Å²) in [5, 5.41) is 2.09. The first-order chi connectivity index (χ1) is 9.65. The number of thiophene rings is 1. The Balaban J connectivity index is 1.86. The van der Waals surface area contributed by atoms with Crippen molar-refractivity contribution in [2.45, 2.75) is 19.5 Å². The summed E-state index contributed by atoms with van der Waals surface area (Å²) in [5.41, 5.74) is 8.57. The molecule has 0 bridgehead atoms. The second-order valence-corrected chi connectivity index (χ2v) is 6.82. The number of guanidine groups is 1. The molecular weight excluding hydrogens is 334 g/mol. The van der Waals surface area contributed by atoms with Gasteiger partial charge in [-0.3, -0.25) is 4.99 Å². The predicted molar refractivity (Wildman–Crippen MR) is 88.0 cm³/mol. The zero-order valence-electron chi connectivity index (χ0n) is 11.2. The number of nitrogens with two attached hydrogens (primary N) is 1. The summed E-state index contributed by atoms with van der Waals surface area (Å²) in [6.07, 6.45) is 0. The molecule has 1 aliphatic heterocycles. The lowest BCUT2D eigenvalue weighted by molar-refractivity contribution is 0.343. The Morgan fingerprint density at radius 3 is 3.00 bits per heavy atom.